The number of aromatic nitrogens is 4. The van der Waals surface area contributed by atoms with Crippen LogP contribution in [0.2, 0.25) is 0 Å². The Hall–Kier alpha value is -7.56. The smallest absolute Gasteiger partial charge is 0.160 e. The molecule has 0 radical (unpaired) electrons. The van der Waals surface area contributed by atoms with Crippen molar-refractivity contribution in [3.63, 3.8) is 0 Å². The summed E-state index contributed by atoms with van der Waals surface area (Å²) in [4.78, 5) is 10.2. The molecule has 3 heterocycles. The highest BCUT2D eigenvalue weighted by molar-refractivity contribution is 6.17. The number of nitrogens with zero attached hydrogens (tertiary/aromatic N) is 4. The van der Waals surface area contributed by atoms with Gasteiger partial charge in [-0.05, 0) is 60.9 Å². The molecule has 11 rings (SSSR count). The molecule has 58 heavy (non-hydrogen) atoms. The fraction of sp³-hybridized carbons (Fsp3) is 0.0370. The predicted molar refractivity (Wildman–Crippen MR) is 242 cm³/mol. The van der Waals surface area contributed by atoms with Gasteiger partial charge in [0.15, 0.2) is 5.82 Å². The van der Waals surface area contributed by atoms with E-state index in [0.717, 1.165) is 39.3 Å². The molecule has 0 unspecified atom stereocenters. The molecule has 0 saturated heterocycles. The highest BCUT2D eigenvalue weighted by Crippen LogP contribution is 2.45. The van der Waals surface area contributed by atoms with Crippen molar-refractivity contribution in [1.82, 2.24) is 19.1 Å². The van der Waals surface area contributed by atoms with Crippen molar-refractivity contribution in [2.24, 2.45) is 0 Å². The van der Waals surface area contributed by atoms with E-state index in [1.807, 2.05) is 24.3 Å². The van der Waals surface area contributed by atoms with Gasteiger partial charge in [-0.15, -0.1) is 0 Å². The van der Waals surface area contributed by atoms with Gasteiger partial charge in [0.25, 0.3) is 0 Å². The van der Waals surface area contributed by atoms with Gasteiger partial charge >= 0.3 is 0 Å². The molecule has 0 fully saturated rings. The summed E-state index contributed by atoms with van der Waals surface area (Å²) in [5.41, 5.74) is 16.7. The Labute approximate surface area is 337 Å². The number of benzene rings is 8. The lowest BCUT2D eigenvalue weighted by Crippen LogP contribution is -2.04. The summed E-state index contributed by atoms with van der Waals surface area (Å²) < 4.78 is 4.97. The zero-order valence-corrected chi connectivity index (χ0v) is 32.3. The Morgan fingerprint density at radius 2 is 0.828 bits per heavy atom. The molecule has 4 heteroatoms. The first-order valence-electron chi connectivity index (χ1n) is 19.8. The molecule has 0 spiro atoms. The van der Waals surface area contributed by atoms with E-state index in [0.29, 0.717) is 5.82 Å². The van der Waals surface area contributed by atoms with Crippen LogP contribution in [0.1, 0.15) is 11.1 Å². The van der Waals surface area contributed by atoms with Gasteiger partial charge in [-0.25, -0.2) is 9.97 Å². The molecule has 0 aliphatic heterocycles. The Bertz CT molecular complexity index is 3210. The lowest BCUT2D eigenvalue weighted by atomic mass is 9.97. The maximum atomic E-state index is 5.16. The molecule has 0 aliphatic rings. The molecule has 8 aromatic carbocycles. The van der Waals surface area contributed by atoms with Crippen LogP contribution in [0, 0.1) is 13.8 Å². The van der Waals surface area contributed by atoms with Crippen molar-refractivity contribution in [3.8, 4) is 56.4 Å². The predicted octanol–water partition coefficient (Wildman–Crippen LogP) is 14.0. The van der Waals surface area contributed by atoms with Gasteiger partial charge < -0.3 is 9.13 Å². The molecule has 11 aromatic rings. The van der Waals surface area contributed by atoms with E-state index in [2.05, 4.69) is 193 Å². The topological polar surface area (TPSA) is 35.6 Å². The fourth-order valence-electron chi connectivity index (χ4n) is 8.97. The van der Waals surface area contributed by atoms with Crippen LogP contribution in [0.25, 0.3) is 100 Å². The molecular formula is C54H38N4. The molecule has 0 N–H and O–H groups in total. The summed E-state index contributed by atoms with van der Waals surface area (Å²) in [7, 11) is 0. The summed E-state index contributed by atoms with van der Waals surface area (Å²) in [6.07, 6.45) is 0. The van der Waals surface area contributed by atoms with E-state index in [-0.39, 0.29) is 0 Å². The second kappa shape index (κ2) is 13.6. The molecule has 4 nitrogen and oxygen atoms in total. The average molecular weight is 743 g/mol. The van der Waals surface area contributed by atoms with Gasteiger partial charge in [0.2, 0.25) is 0 Å². The highest BCUT2D eigenvalue weighted by atomic mass is 15.0. The lowest BCUT2D eigenvalue weighted by molar-refractivity contribution is 1.11. The van der Waals surface area contributed by atoms with E-state index in [1.165, 1.54) is 66.0 Å². The quantitative estimate of drug-likeness (QED) is 0.170. The Morgan fingerprint density at radius 3 is 1.41 bits per heavy atom. The average Bonchev–Trinajstić information content (AvgIpc) is 3.79. The van der Waals surface area contributed by atoms with E-state index >= 15 is 0 Å². The lowest BCUT2D eigenvalue weighted by Gasteiger charge is -2.20. The minimum absolute atomic E-state index is 0.706. The molecule has 0 aliphatic carbocycles. The molecule has 0 bridgehead atoms. The molecule has 0 saturated carbocycles. The van der Waals surface area contributed by atoms with Crippen molar-refractivity contribution < 1.29 is 0 Å². The van der Waals surface area contributed by atoms with E-state index in [9.17, 15) is 0 Å². The van der Waals surface area contributed by atoms with Crippen molar-refractivity contribution in [2.75, 3.05) is 0 Å². The summed E-state index contributed by atoms with van der Waals surface area (Å²) in [6, 6.07) is 69.4. The second-order valence-corrected chi connectivity index (χ2v) is 15.1. The zero-order chi connectivity index (χ0) is 38.7. The van der Waals surface area contributed by atoms with Gasteiger partial charge in [-0.1, -0.05) is 164 Å². The first kappa shape index (κ1) is 33.8. The number of fused-ring (bicyclic) bond motifs is 6. The van der Waals surface area contributed by atoms with Gasteiger partial charge in [0.05, 0.1) is 44.8 Å². The van der Waals surface area contributed by atoms with Crippen LogP contribution >= 0.6 is 0 Å². The minimum Gasteiger partial charge on any atom is -0.309 e. The van der Waals surface area contributed by atoms with Gasteiger partial charge in [-0.3, -0.25) is 0 Å². The second-order valence-electron chi connectivity index (χ2n) is 15.1. The van der Waals surface area contributed by atoms with Gasteiger partial charge in [-0.2, -0.15) is 0 Å². The maximum absolute atomic E-state index is 5.16. The number of hydrogen-bond acceptors (Lipinski definition) is 2. The van der Waals surface area contributed by atoms with Crippen LogP contribution in [0.5, 0.6) is 0 Å². The Morgan fingerprint density at radius 1 is 0.362 bits per heavy atom. The first-order valence-corrected chi connectivity index (χ1v) is 19.8. The minimum atomic E-state index is 0.706. The Kier molecular flexibility index (Phi) is 7.90. The normalized spacial score (nSPS) is 11.6. The molecular weight excluding hydrogens is 705 g/mol. The van der Waals surface area contributed by atoms with E-state index in [1.54, 1.807) is 0 Å². The number of para-hydroxylation sites is 4. The highest BCUT2D eigenvalue weighted by Gasteiger charge is 2.24. The first-order chi connectivity index (χ1) is 28.6. The van der Waals surface area contributed by atoms with Crippen molar-refractivity contribution in [2.45, 2.75) is 13.8 Å². The summed E-state index contributed by atoms with van der Waals surface area (Å²) in [5, 5.41) is 4.93. The van der Waals surface area contributed by atoms with Crippen LogP contribution in [0.15, 0.2) is 194 Å². The summed E-state index contributed by atoms with van der Waals surface area (Å²) in [6.45, 7) is 4.45. The maximum Gasteiger partial charge on any atom is 0.160 e. The molecule has 0 atom stereocenters. The van der Waals surface area contributed by atoms with Crippen LogP contribution in [-0.2, 0) is 0 Å². The molecule has 3 aromatic heterocycles. The van der Waals surface area contributed by atoms with Crippen LogP contribution in [-0.4, -0.2) is 19.1 Å². The van der Waals surface area contributed by atoms with Crippen LogP contribution in [0.3, 0.4) is 0 Å². The van der Waals surface area contributed by atoms with Crippen molar-refractivity contribution in [1.29, 1.82) is 0 Å². The third-order valence-corrected chi connectivity index (χ3v) is 11.6. The van der Waals surface area contributed by atoms with Crippen molar-refractivity contribution >= 4 is 43.6 Å². The zero-order valence-electron chi connectivity index (χ0n) is 32.3. The number of rotatable bonds is 6. The van der Waals surface area contributed by atoms with Crippen LogP contribution < -0.4 is 0 Å². The third kappa shape index (κ3) is 5.37. The fourth-order valence-corrected chi connectivity index (χ4v) is 8.97. The van der Waals surface area contributed by atoms with E-state index < -0.39 is 0 Å². The molecule has 274 valence electrons. The number of aryl methyl sites for hydroxylation is 2. The summed E-state index contributed by atoms with van der Waals surface area (Å²) in [5.74, 6) is 0.706. The monoisotopic (exact) mass is 742 g/mol. The largest absolute Gasteiger partial charge is 0.309 e. The third-order valence-electron chi connectivity index (χ3n) is 11.6. The summed E-state index contributed by atoms with van der Waals surface area (Å²) >= 11 is 0. The SMILES string of the molecule is Cc1cccc(C)c1-n1c2ccccc2c2ccc(-n3c4ccccc4c4ccccc43)c(-c3ccc(-c4cc(-c5ccccc5)nc(-c5ccccc5)n4)cc3)c21. The van der Waals surface area contributed by atoms with Gasteiger partial charge in [0.1, 0.15) is 0 Å². The van der Waals surface area contributed by atoms with Gasteiger partial charge in [0, 0.05) is 43.8 Å². The Balaban J connectivity index is 1.21. The molecule has 0 amide bonds. The van der Waals surface area contributed by atoms with Crippen molar-refractivity contribution in [3.05, 3.63) is 205 Å². The van der Waals surface area contributed by atoms with E-state index in [4.69, 9.17) is 9.97 Å². The standard InChI is InChI=1S/C54H38N4/c1-35-16-15-17-36(2)52(35)58-49-27-14-11-24-43(49)44-32-33-50(57-47-25-12-9-22-41(47)42-23-10-13-26-48(42)57)51(53(44)58)39-30-28-38(29-31-39)46-34-45(37-18-5-3-6-19-37)55-54(56-46)40-20-7-4-8-21-40/h3-34H,1-2H3. The van der Waals surface area contributed by atoms with Crippen LogP contribution in [0.4, 0.5) is 0 Å². The number of hydrogen-bond donors (Lipinski definition) is 0.